The van der Waals surface area contributed by atoms with Crippen LogP contribution in [-0.4, -0.2) is 107 Å². The molecule has 0 fully saturated rings. The van der Waals surface area contributed by atoms with Gasteiger partial charge in [-0.05, 0) is 179 Å². The van der Waals surface area contributed by atoms with Gasteiger partial charge in [0.15, 0.2) is 34.6 Å². The third-order valence-corrected chi connectivity index (χ3v) is 21.9. The van der Waals surface area contributed by atoms with Gasteiger partial charge in [0.2, 0.25) is 0 Å². The number of aryl methyl sites for hydroxylation is 3. The molecule has 0 saturated heterocycles. The molecule has 16 aromatic carbocycles. The number of hydrogen-bond donors (Lipinski definition) is 6. The molecular weight excluding hydrogens is 1710 g/mol. The molecule has 0 radical (unpaired) electrons. The normalized spacial score (nSPS) is 11.2. The number of phenols is 3. The van der Waals surface area contributed by atoms with Crippen LogP contribution in [0.4, 0.5) is 34.1 Å². The van der Waals surface area contributed by atoms with Crippen LogP contribution in [0, 0.1) is 20.8 Å². The van der Waals surface area contributed by atoms with Crippen LogP contribution >= 0.6 is 0 Å². The van der Waals surface area contributed by atoms with Gasteiger partial charge in [-0.1, -0.05) is 182 Å². The van der Waals surface area contributed by atoms with E-state index in [2.05, 4.69) is 63.8 Å². The highest BCUT2D eigenvalue weighted by Crippen LogP contribution is 2.49. The van der Waals surface area contributed by atoms with Gasteiger partial charge in [-0.25, -0.2) is 0 Å². The molecule has 3 aromatic heterocycles. The van der Waals surface area contributed by atoms with Gasteiger partial charge in [0.25, 0.3) is 0 Å². The summed E-state index contributed by atoms with van der Waals surface area (Å²) in [6.45, 7) is 5.83. The van der Waals surface area contributed by atoms with Crippen LogP contribution in [0.25, 0.3) is 109 Å². The lowest BCUT2D eigenvalue weighted by molar-refractivity contribution is 0.0982. The minimum Gasteiger partial charge on any atom is -0.505 e. The van der Waals surface area contributed by atoms with Crippen LogP contribution in [0.2, 0.25) is 0 Å². The number of carbonyl (C=O) groups excluding carboxylic acids is 3. The highest BCUT2D eigenvalue weighted by Gasteiger charge is 2.27. The number of H-pyrrole nitrogens is 3. The average molecular weight is 1790 g/mol. The molecule has 648 valence electrons. The van der Waals surface area contributed by atoms with Crippen molar-refractivity contribution >= 4 is 192 Å². The zero-order valence-electron chi connectivity index (χ0n) is 70.1. The van der Waals surface area contributed by atoms with E-state index in [0.717, 1.165) is 143 Å². The lowest BCUT2D eigenvalue weighted by atomic mass is 9.95. The zero-order chi connectivity index (χ0) is 92.0. The fourth-order valence-corrected chi connectivity index (χ4v) is 15.7. The topological polar surface area (TPSA) is 415 Å². The Balaban J connectivity index is 0.000000148. The predicted octanol–water partition coefficient (Wildman–Crippen LogP) is 23.2. The summed E-state index contributed by atoms with van der Waals surface area (Å²) in [6.07, 6.45) is 0.404. The molecule has 0 amide bonds. The van der Waals surface area contributed by atoms with Crippen molar-refractivity contribution in [2.75, 3.05) is 21.3 Å². The van der Waals surface area contributed by atoms with E-state index in [4.69, 9.17) is 52.1 Å². The zero-order valence-corrected chi connectivity index (χ0v) is 72.6. The second-order valence-electron chi connectivity index (χ2n) is 29.7. The Morgan fingerprint density at radius 2 is 0.577 bits per heavy atom. The van der Waals surface area contributed by atoms with Crippen molar-refractivity contribution in [1.82, 2.24) is 15.0 Å². The van der Waals surface area contributed by atoms with Crippen LogP contribution in [0.5, 0.6) is 34.5 Å². The first-order chi connectivity index (χ1) is 62.8. The summed E-state index contributed by atoms with van der Waals surface area (Å²) in [4.78, 5) is 51.3. The third-order valence-electron chi connectivity index (χ3n) is 21.9. The summed E-state index contributed by atoms with van der Waals surface area (Å²) in [6, 6.07) is 90.8. The number of fused-ring (bicyclic) bond motifs is 16. The van der Waals surface area contributed by atoms with E-state index < -0.39 is 31.8 Å². The largest absolute Gasteiger partial charge is 0.505 e. The van der Waals surface area contributed by atoms with E-state index in [0.29, 0.717) is 33.2 Å². The summed E-state index contributed by atoms with van der Waals surface area (Å²) >= 11 is 0. The molecule has 19 rings (SSSR count). The highest BCUT2D eigenvalue weighted by atomic mass is 32.2. The molecule has 27 nitrogen and oxygen atoms in total. The Labute approximate surface area is 745 Å². The van der Waals surface area contributed by atoms with Crippen LogP contribution < -0.4 is 14.2 Å². The maximum Gasteiger partial charge on any atom is 0.425 e. The number of rotatable bonds is 18. The summed E-state index contributed by atoms with van der Waals surface area (Å²) in [5.41, 5.74) is 14.3. The van der Waals surface area contributed by atoms with Crippen molar-refractivity contribution < 1.29 is 81.8 Å². The lowest BCUT2D eigenvalue weighted by Crippen LogP contribution is -2.06. The maximum absolute atomic E-state index is 13.7. The standard InChI is InChI=1S/C36H27N3O3.2C32H25N3O3.3O3S/c1-21-18-25(42-2)16-14-23(21)20-32(40)29-19-24-15-17-28-27-11-5-6-12-30(27)37-34(28)33(24)35(36(29)41)39-38-31-13-7-9-22-8-3-4-10-26(22)31;2*1-19-16-23(38-2)14-12-20(19)18-28(36)26-17-21-13-15-25-24-10-6-7-11-27(24)33-30(25)29(21)31(32(26)37)35-34-22-8-4-3-5-9-22;3*1-4(2)3/h3-19,37,41H,20H2,1-2H3;2*3-17,33,37H,18H2,1-2H3;;;. The van der Waals surface area contributed by atoms with Gasteiger partial charge in [0.1, 0.15) is 34.3 Å². The van der Waals surface area contributed by atoms with Crippen molar-refractivity contribution in [3.63, 3.8) is 0 Å². The molecule has 0 bridgehead atoms. The number of aromatic amines is 3. The molecule has 6 N–H and O–H groups in total. The second kappa shape index (κ2) is 40.2. The Hall–Kier alpha value is -16.6. The summed E-state index contributed by atoms with van der Waals surface area (Å²) in [5, 5.41) is 74.5. The van der Waals surface area contributed by atoms with Crippen LogP contribution in [0.3, 0.4) is 0 Å². The number of ketones is 3. The molecular formula is C100H77N9O18S3. The predicted molar refractivity (Wildman–Crippen MR) is 501 cm³/mol. The number of carbonyl (C=O) groups is 3. The van der Waals surface area contributed by atoms with Crippen LogP contribution in [0.15, 0.2) is 316 Å². The van der Waals surface area contributed by atoms with E-state index in [1.54, 1.807) is 39.5 Å². The summed E-state index contributed by atoms with van der Waals surface area (Å²) in [5.74, 6) is 1.04. The van der Waals surface area contributed by atoms with Crippen molar-refractivity contribution in [1.29, 1.82) is 0 Å². The van der Waals surface area contributed by atoms with E-state index in [-0.39, 0.29) is 87.6 Å². The monoisotopic (exact) mass is 1790 g/mol. The summed E-state index contributed by atoms with van der Waals surface area (Å²) < 4.78 is 91.9. The smallest absolute Gasteiger partial charge is 0.425 e. The van der Waals surface area contributed by atoms with Crippen molar-refractivity contribution in [3.05, 3.63) is 335 Å². The minimum absolute atomic E-state index is 0.128. The molecule has 130 heavy (non-hydrogen) atoms. The fraction of sp³-hybridized carbons (Fsp3) is 0.0900. The molecule has 0 atom stereocenters. The van der Waals surface area contributed by atoms with Gasteiger partial charge in [-0.15, -0.1) is 58.3 Å². The molecule has 0 aliphatic heterocycles. The molecule has 30 heteroatoms. The van der Waals surface area contributed by atoms with Gasteiger partial charge < -0.3 is 44.5 Å². The number of aromatic nitrogens is 3. The lowest BCUT2D eigenvalue weighted by Gasteiger charge is -2.12. The van der Waals surface area contributed by atoms with Gasteiger partial charge in [-0.2, -0.15) is 10.2 Å². The Morgan fingerprint density at radius 1 is 0.292 bits per heavy atom. The van der Waals surface area contributed by atoms with Crippen molar-refractivity contribution in [2.24, 2.45) is 30.7 Å². The maximum atomic E-state index is 13.7. The molecule has 0 spiro atoms. The van der Waals surface area contributed by atoms with Gasteiger partial charge in [-0.3, -0.25) is 14.4 Å². The quantitative estimate of drug-likeness (QED) is 0.0343. The highest BCUT2D eigenvalue weighted by molar-refractivity contribution is 7.59. The second-order valence-corrected chi connectivity index (χ2v) is 30.9. The number of aromatic hydroxyl groups is 3. The van der Waals surface area contributed by atoms with Crippen molar-refractivity contribution in [2.45, 2.75) is 40.0 Å². The van der Waals surface area contributed by atoms with E-state index in [1.165, 1.54) is 0 Å². The number of hydrogen-bond acceptors (Lipinski definition) is 24. The van der Waals surface area contributed by atoms with Crippen molar-refractivity contribution in [3.8, 4) is 34.5 Å². The van der Waals surface area contributed by atoms with E-state index in [1.807, 2.05) is 269 Å². The van der Waals surface area contributed by atoms with Gasteiger partial charge in [0, 0.05) is 89.7 Å². The number of azo groups is 3. The van der Waals surface area contributed by atoms with Gasteiger partial charge >= 0.3 is 31.8 Å². The van der Waals surface area contributed by atoms with Crippen LogP contribution in [-0.2, 0) is 51.1 Å². The first kappa shape index (κ1) is 89.7. The Bertz CT molecular complexity index is 7810. The first-order valence-electron chi connectivity index (χ1n) is 40.0. The Morgan fingerprint density at radius 3 is 0.892 bits per heavy atom. The first-order valence-corrected chi connectivity index (χ1v) is 43.0. The molecule has 0 saturated carbocycles. The Kier molecular flexibility index (Phi) is 27.7. The number of para-hydroxylation sites is 3. The van der Waals surface area contributed by atoms with Gasteiger partial charge in [0.05, 0.1) is 71.6 Å². The molecule has 3 heterocycles. The summed E-state index contributed by atoms with van der Waals surface area (Å²) in [7, 11) is -4.49. The molecule has 0 unspecified atom stereocenters. The van der Waals surface area contributed by atoms with Crippen LogP contribution in [0.1, 0.15) is 64.5 Å². The minimum atomic E-state index is -3.11. The van der Waals surface area contributed by atoms with E-state index >= 15 is 0 Å². The number of benzene rings is 16. The number of nitrogens with zero attached hydrogens (tertiary/aromatic N) is 6. The molecule has 19 aromatic rings. The molecule has 0 aliphatic carbocycles. The molecule has 0 aliphatic rings. The number of phenolic OH excluding ortho intramolecular Hbond substituents is 3. The number of ether oxygens (including phenoxy) is 3. The number of methoxy groups -OCH3 is 3. The fourth-order valence-electron chi connectivity index (χ4n) is 15.7. The SMILES string of the molecule is COc1ccc(CC(=O)c2cc3ccc4c5ccccc5[nH]c4c3c(N=Nc3cccc4ccccc34)c2O)c(C)c1.COc1ccc(CC(=O)c2cc3ccc4c5ccccc5[nH]c4c3c(N=Nc3ccccc3)c2O)c(C)c1.COc1ccc(CC(=O)c2cc3ccc4c5ccccc5[nH]c4c3c(N=Nc3ccccc3)c2O)c(C)c1.O=S(=O)=O.O=S(=O)=O.O=S(=O)=O. The van der Waals surface area contributed by atoms with E-state index in [9.17, 15) is 29.7 Å². The third kappa shape index (κ3) is 20.0. The number of Topliss-reactive ketones (excluding diaryl/α,β-unsaturated/α-hetero) is 3. The number of nitrogens with one attached hydrogen (secondary N) is 3. The average Bonchev–Trinajstić information content (AvgIpc) is 1.53.